The van der Waals surface area contributed by atoms with Crippen molar-refractivity contribution in [1.82, 2.24) is 5.32 Å². The molecule has 1 aromatic heterocycles. The van der Waals surface area contributed by atoms with Gasteiger partial charge in [-0.3, -0.25) is 14.4 Å². The molecular formula is C15H20N2O4S. The van der Waals surface area contributed by atoms with Crippen molar-refractivity contribution in [3.05, 3.63) is 16.0 Å². The molecule has 3 N–H and O–H groups in total. The van der Waals surface area contributed by atoms with E-state index in [1.807, 2.05) is 6.92 Å². The fourth-order valence-electron chi connectivity index (χ4n) is 2.52. The highest BCUT2D eigenvalue weighted by atomic mass is 32.1. The van der Waals surface area contributed by atoms with Gasteiger partial charge < -0.3 is 15.7 Å². The van der Waals surface area contributed by atoms with Crippen molar-refractivity contribution in [1.29, 1.82) is 0 Å². The quantitative estimate of drug-likeness (QED) is 0.716. The molecule has 0 saturated carbocycles. The van der Waals surface area contributed by atoms with Gasteiger partial charge >= 0.3 is 5.97 Å². The Morgan fingerprint density at radius 3 is 2.68 bits per heavy atom. The number of rotatable bonds is 7. The second-order valence-electron chi connectivity index (χ2n) is 5.26. The molecule has 0 spiro atoms. The zero-order chi connectivity index (χ0) is 16.1. The van der Waals surface area contributed by atoms with Crippen LogP contribution in [0.2, 0.25) is 0 Å². The maximum Gasteiger partial charge on any atom is 0.305 e. The van der Waals surface area contributed by atoms with Crippen molar-refractivity contribution >= 4 is 34.1 Å². The predicted octanol–water partition coefficient (Wildman–Crippen LogP) is 2.18. The van der Waals surface area contributed by atoms with Crippen LogP contribution < -0.4 is 10.6 Å². The highest BCUT2D eigenvalue weighted by molar-refractivity contribution is 7.17. The van der Waals surface area contributed by atoms with E-state index in [0.717, 1.165) is 36.1 Å². The number of aliphatic carboxylic acids is 1. The van der Waals surface area contributed by atoms with Gasteiger partial charge in [0, 0.05) is 17.8 Å². The molecule has 2 amide bonds. The second kappa shape index (κ2) is 7.40. The van der Waals surface area contributed by atoms with Gasteiger partial charge in [0.1, 0.15) is 5.00 Å². The molecule has 0 bridgehead atoms. The molecule has 22 heavy (non-hydrogen) atoms. The molecule has 1 aliphatic rings. The lowest BCUT2D eigenvalue weighted by Gasteiger charge is -2.08. The van der Waals surface area contributed by atoms with Gasteiger partial charge in [-0.1, -0.05) is 6.92 Å². The number of carbonyl (C=O) groups excluding carboxylic acids is 2. The number of amides is 2. The normalized spacial score (nSPS) is 12.8. The van der Waals surface area contributed by atoms with Crippen LogP contribution in [-0.4, -0.2) is 29.4 Å². The Morgan fingerprint density at radius 2 is 2.00 bits per heavy atom. The van der Waals surface area contributed by atoms with Gasteiger partial charge in [-0.15, -0.1) is 11.3 Å². The number of carbonyl (C=O) groups is 3. The third-order valence-corrected chi connectivity index (χ3v) is 4.71. The van der Waals surface area contributed by atoms with Crippen molar-refractivity contribution in [3.8, 4) is 0 Å². The fraction of sp³-hybridized carbons (Fsp3) is 0.533. The fourth-order valence-corrected chi connectivity index (χ4v) is 3.82. The summed E-state index contributed by atoms with van der Waals surface area (Å²) in [5.41, 5.74) is 1.52. The average Bonchev–Trinajstić information content (AvgIpc) is 2.98. The summed E-state index contributed by atoms with van der Waals surface area (Å²) >= 11 is 1.46. The van der Waals surface area contributed by atoms with E-state index in [1.165, 1.54) is 11.3 Å². The van der Waals surface area contributed by atoms with E-state index in [2.05, 4.69) is 10.6 Å². The Labute approximate surface area is 132 Å². The number of thiophene rings is 1. The third-order valence-electron chi connectivity index (χ3n) is 3.50. The van der Waals surface area contributed by atoms with Gasteiger partial charge in [-0.05, 0) is 31.2 Å². The molecule has 0 fully saturated rings. The Kier molecular flexibility index (Phi) is 5.54. The van der Waals surface area contributed by atoms with Crippen LogP contribution >= 0.6 is 11.3 Å². The van der Waals surface area contributed by atoms with E-state index < -0.39 is 5.97 Å². The maximum atomic E-state index is 12.4. The molecule has 120 valence electrons. The monoisotopic (exact) mass is 324 g/mol. The van der Waals surface area contributed by atoms with Gasteiger partial charge in [0.25, 0.3) is 5.91 Å². The van der Waals surface area contributed by atoms with Crippen molar-refractivity contribution in [3.63, 3.8) is 0 Å². The van der Waals surface area contributed by atoms with Crippen molar-refractivity contribution < 1.29 is 19.5 Å². The first-order chi connectivity index (χ1) is 10.5. The highest BCUT2D eigenvalue weighted by Gasteiger charge is 2.27. The molecule has 0 unspecified atom stereocenters. The number of aryl methyl sites for hydroxylation is 1. The summed E-state index contributed by atoms with van der Waals surface area (Å²) in [5.74, 6) is -1.35. The van der Waals surface area contributed by atoms with Gasteiger partial charge in [-0.25, -0.2) is 0 Å². The number of anilines is 1. The van der Waals surface area contributed by atoms with E-state index in [9.17, 15) is 14.4 Å². The molecular weight excluding hydrogens is 304 g/mol. The predicted molar refractivity (Wildman–Crippen MR) is 84.5 cm³/mol. The second-order valence-corrected chi connectivity index (χ2v) is 6.36. The van der Waals surface area contributed by atoms with E-state index in [0.29, 0.717) is 17.0 Å². The van der Waals surface area contributed by atoms with Crippen LogP contribution in [0.5, 0.6) is 0 Å². The lowest BCUT2D eigenvalue weighted by Crippen LogP contribution is -2.27. The smallest absolute Gasteiger partial charge is 0.305 e. The highest BCUT2D eigenvalue weighted by Crippen LogP contribution is 2.39. The van der Waals surface area contributed by atoms with Crippen LogP contribution in [0, 0.1) is 0 Å². The molecule has 0 atom stereocenters. The summed E-state index contributed by atoms with van der Waals surface area (Å²) in [6.45, 7) is 2.01. The first-order valence-electron chi connectivity index (χ1n) is 7.47. The van der Waals surface area contributed by atoms with Gasteiger partial charge in [0.15, 0.2) is 0 Å². The molecule has 0 saturated heterocycles. The summed E-state index contributed by atoms with van der Waals surface area (Å²) in [6, 6.07) is 0. The molecule has 0 radical (unpaired) electrons. The third kappa shape index (κ3) is 3.85. The van der Waals surface area contributed by atoms with Crippen molar-refractivity contribution in [2.45, 2.75) is 45.4 Å². The van der Waals surface area contributed by atoms with Crippen LogP contribution in [0.3, 0.4) is 0 Å². The molecule has 6 nitrogen and oxygen atoms in total. The van der Waals surface area contributed by atoms with E-state index in [4.69, 9.17) is 5.11 Å². The molecule has 0 aliphatic heterocycles. The molecule has 7 heteroatoms. The molecule has 1 aliphatic carbocycles. The summed E-state index contributed by atoms with van der Waals surface area (Å²) in [6.07, 6.45) is 3.82. The number of fused-ring (bicyclic) bond motifs is 1. The standard InChI is InChI=1S/C15H20N2O4S/c1-2-4-11(18)17-15-13(9-5-3-6-10(9)22-15)14(21)16-8-7-12(19)20/h2-8H2,1H3,(H,16,21)(H,17,18)(H,19,20). The Morgan fingerprint density at radius 1 is 1.23 bits per heavy atom. The summed E-state index contributed by atoms with van der Waals surface area (Å²) < 4.78 is 0. The van der Waals surface area contributed by atoms with E-state index in [-0.39, 0.29) is 24.8 Å². The number of carboxylic acids is 1. The Hall–Kier alpha value is -1.89. The van der Waals surface area contributed by atoms with Crippen LogP contribution in [0.4, 0.5) is 5.00 Å². The number of hydrogen-bond donors (Lipinski definition) is 3. The Balaban J connectivity index is 2.15. The molecule has 2 rings (SSSR count). The lowest BCUT2D eigenvalue weighted by molar-refractivity contribution is -0.136. The molecule has 0 aromatic carbocycles. The SMILES string of the molecule is CCCC(=O)Nc1sc2c(c1C(=O)NCCC(=O)O)CCC2. The largest absolute Gasteiger partial charge is 0.481 e. The van der Waals surface area contributed by atoms with Crippen molar-refractivity contribution in [2.75, 3.05) is 11.9 Å². The van der Waals surface area contributed by atoms with Crippen LogP contribution in [0.15, 0.2) is 0 Å². The first-order valence-corrected chi connectivity index (χ1v) is 8.29. The lowest BCUT2D eigenvalue weighted by atomic mass is 10.1. The topological polar surface area (TPSA) is 95.5 Å². The summed E-state index contributed by atoms with van der Waals surface area (Å²) in [4.78, 5) is 35.8. The minimum Gasteiger partial charge on any atom is -0.481 e. The number of carboxylic acid groups (broad SMARTS) is 1. The maximum absolute atomic E-state index is 12.4. The molecule has 1 heterocycles. The minimum absolute atomic E-state index is 0.0845. The summed E-state index contributed by atoms with van der Waals surface area (Å²) in [5, 5.41) is 14.7. The summed E-state index contributed by atoms with van der Waals surface area (Å²) in [7, 11) is 0. The van der Waals surface area contributed by atoms with Gasteiger partial charge in [0.2, 0.25) is 5.91 Å². The van der Waals surface area contributed by atoms with Crippen LogP contribution in [0.25, 0.3) is 0 Å². The number of hydrogen-bond acceptors (Lipinski definition) is 4. The van der Waals surface area contributed by atoms with Gasteiger partial charge in [0.05, 0.1) is 12.0 Å². The Bertz CT molecular complexity index is 595. The van der Waals surface area contributed by atoms with E-state index in [1.54, 1.807) is 0 Å². The first kappa shape index (κ1) is 16.5. The minimum atomic E-state index is -0.952. The van der Waals surface area contributed by atoms with Crippen LogP contribution in [-0.2, 0) is 22.4 Å². The van der Waals surface area contributed by atoms with Gasteiger partial charge in [-0.2, -0.15) is 0 Å². The molecule has 1 aromatic rings. The zero-order valence-electron chi connectivity index (χ0n) is 12.5. The zero-order valence-corrected chi connectivity index (χ0v) is 13.3. The van der Waals surface area contributed by atoms with Crippen molar-refractivity contribution in [2.24, 2.45) is 0 Å². The average molecular weight is 324 g/mol. The van der Waals surface area contributed by atoms with E-state index >= 15 is 0 Å². The number of nitrogens with one attached hydrogen (secondary N) is 2. The van der Waals surface area contributed by atoms with Crippen LogP contribution in [0.1, 0.15) is 53.4 Å².